The topological polar surface area (TPSA) is 60.2 Å². The Balaban J connectivity index is 1.77. The fraction of sp³-hybridized carbons (Fsp3) is 0.429. The minimum absolute atomic E-state index is 0.511. The maximum atomic E-state index is 5.57. The molecule has 0 bridgehead atoms. The molecule has 0 saturated heterocycles. The largest absolute Gasteiger partial charge is 0.493 e. The van der Waals surface area contributed by atoms with Crippen molar-refractivity contribution >= 4 is 0 Å². The number of hydrogen-bond acceptors (Lipinski definition) is 5. The molecule has 19 heavy (non-hydrogen) atoms. The van der Waals surface area contributed by atoms with Crippen molar-refractivity contribution in [2.45, 2.75) is 32.4 Å². The number of aromatic nitrogens is 2. The molecule has 1 aliphatic carbocycles. The third kappa shape index (κ3) is 2.93. The molecule has 1 saturated carbocycles. The van der Waals surface area contributed by atoms with Crippen LogP contribution in [0.2, 0.25) is 0 Å². The van der Waals surface area contributed by atoms with Gasteiger partial charge in [0.1, 0.15) is 5.75 Å². The predicted molar refractivity (Wildman–Crippen MR) is 70.8 cm³/mol. The zero-order chi connectivity index (χ0) is 13.1. The molecule has 0 atom stereocenters. The number of ether oxygens (including phenoxy) is 1. The molecule has 1 heterocycles. The monoisotopic (exact) mass is 259 g/mol. The smallest absolute Gasteiger partial charge is 0.261 e. The molecule has 2 aromatic rings. The van der Waals surface area contributed by atoms with Gasteiger partial charge in [-0.3, -0.25) is 0 Å². The molecule has 1 N–H and O–H groups in total. The summed E-state index contributed by atoms with van der Waals surface area (Å²) in [6, 6.07) is 8.34. The molecule has 5 heteroatoms. The van der Waals surface area contributed by atoms with Gasteiger partial charge in [0.15, 0.2) is 5.82 Å². The van der Waals surface area contributed by atoms with E-state index in [1.165, 1.54) is 12.8 Å². The van der Waals surface area contributed by atoms with Crippen LogP contribution >= 0.6 is 0 Å². The Morgan fingerprint density at radius 3 is 3.00 bits per heavy atom. The van der Waals surface area contributed by atoms with Crippen LogP contribution in [0.25, 0.3) is 11.5 Å². The lowest BCUT2D eigenvalue weighted by Crippen LogP contribution is -2.16. The highest BCUT2D eigenvalue weighted by atomic mass is 16.5. The number of rotatable bonds is 6. The van der Waals surface area contributed by atoms with Crippen molar-refractivity contribution in [1.82, 2.24) is 15.5 Å². The fourth-order valence-electron chi connectivity index (χ4n) is 1.88. The summed E-state index contributed by atoms with van der Waals surface area (Å²) in [6.07, 6.45) is 2.50. The summed E-state index contributed by atoms with van der Waals surface area (Å²) >= 11 is 0. The van der Waals surface area contributed by atoms with Gasteiger partial charge in [0.25, 0.3) is 5.89 Å². The van der Waals surface area contributed by atoms with Crippen LogP contribution in [0, 0.1) is 0 Å². The molecular weight excluding hydrogens is 242 g/mol. The molecule has 3 rings (SSSR count). The van der Waals surface area contributed by atoms with Crippen LogP contribution in [0.3, 0.4) is 0 Å². The van der Waals surface area contributed by atoms with Crippen LogP contribution < -0.4 is 10.1 Å². The van der Waals surface area contributed by atoms with Crippen LogP contribution in [0.1, 0.15) is 25.6 Å². The Hall–Kier alpha value is -1.88. The summed E-state index contributed by atoms with van der Waals surface area (Å²) in [5.74, 6) is 1.97. The highest BCUT2D eigenvalue weighted by molar-refractivity contribution is 5.62. The van der Waals surface area contributed by atoms with E-state index in [-0.39, 0.29) is 0 Å². The maximum Gasteiger partial charge on any atom is 0.261 e. The lowest BCUT2D eigenvalue weighted by atomic mass is 10.2. The van der Waals surface area contributed by atoms with Crippen molar-refractivity contribution in [1.29, 1.82) is 0 Å². The van der Waals surface area contributed by atoms with Crippen molar-refractivity contribution < 1.29 is 9.26 Å². The first-order chi connectivity index (χ1) is 9.36. The molecule has 1 aliphatic rings. The van der Waals surface area contributed by atoms with Crippen LogP contribution in [0.5, 0.6) is 5.75 Å². The van der Waals surface area contributed by atoms with E-state index in [2.05, 4.69) is 15.5 Å². The van der Waals surface area contributed by atoms with Crippen LogP contribution in [-0.2, 0) is 6.54 Å². The van der Waals surface area contributed by atoms with Crippen molar-refractivity contribution in [3.63, 3.8) is 0 Å². The van der Waals surface area contributed by atoms with E-state index in [1.54, 1.807) is 0 Å². The minimum Gasteiger partial charge on any atom is -0.493 e. The maximum absolute atomic E-state index is 5.57. The number of nitrogens with one attached hydrogen (secondary N) is 1. The van der Waals surface area contributed by atoms with Gasteiger partial charge in [-0.25, -0.2) is 0 Å². The van der Waals surface area contributed by atoms with E-state index in [9.17, 15) is 0 Å². The third-order valence-electron chi connectivity index (χ3n) is 3.01. The van der Waals surface area contributed by atoms with E-state index in [0.717, 1.165) is 11.3 Å². The van der Waals surface area contributed by atoms with Gasteiger partial charge in [-0.05, 0) is 31.9 Å². The van der Waals surface area contributed by atoms with Crippen molar-refractivity contribution in [3.05, 3.63) is 30.1 Å². The van der Waals surface area contributed by atoms with Crippen LogP contribution in [0.15, 0.2) is 28.8 Å². The van der Waals surface area contributed by atoms with E-state index >= 15 is 0 Å². The Morgan fingerprint density at radius 1 is 1.37 bits per heavy atom. The first-order valence-electron chi connectivity index (χ1n) is 6.65. The standard InChI is InChI=1S/C14H17N3O2/c1-2-18-12-6-4-3-5-11(12)14-16-13(17-19-14)9-15-10-7-8-10/h3-6,10,15H,2,7-9H2,1H3. The zero-order valence-electron chi connectivity index (χ0n) is 10.9. The summed E-state index contributed by atoms with van der Waals surface area (Å²) < 4.78 is 10.9. The fourth-order valence-corrected chi connectivity index (χ4v) is 1.88. The van der Waals surface area contributed by atoms with Gasteiger partial charge in [-0.1, -0.05) is 17.3 Å². The van der Waals surface area contributed by atoms with E-state index in [4.69, 9.17) is 9.26 Å². The van der Waals surface area contributed by atoms with Crippen molar-refractivity contribution in [2.75, 3.05) is 6.61 Å². The third-order valence-corrected chi connectivity index (χ3v) is 3.01. The van der Waals surface area contributed by atoms with E-state index in [0.29, 0.717) is 30.9 Å². The average molecular weight is 259 g/mol. The normalized spacial score (nSPS) is 14.6. The lowest BCUT2D eigenvalue weighted by molar-refractivity contribution is 0.339. The molecule has 1 fully saturated rings. The quantitative estimate of drug-likeness (QED) is 0.863. The molecule has 0 unspecified atom stereocenters. The predicted octanol–water partition coefficient (Wildman–Crippen LogP) is 2.39. The Bertz CT molecular complexity index is 549. The van der Waals surface area contributed by atoms with Gasteiger partial charge in [0.05, 0.1) is 18.7 Å². The van der Waals surface area contributed by atoms with E-state index in [1.807, 2.05) is 31.2 Å². The van der Waals surface area contributed by atoms with Crippen LogP contribution in [0.4, 0.5) is 0 Å². The van der Waals surface area contributed by atoms with Crippen LogP contribution in [-0.4, -0.2) is 22.8 Å². The molecular formula is C14H17N3O2. The van der Waals surface area contributed by atoms with Crippen molar-refractivity contribution in [2.24, 2.45) is 0 Å². The zero-order valence-corrected chi connectivity index (χ0v) is 10.9. The Kier molecular flexibility index (Phi) is 3.46. The van der Waals surface area contributed by atoms with Gasteiger partial charge in [-0.2, -0.15) is 4.98 Å². The number of para-hydroxylation sites is 1. The highest BCUT2D eigenvalue weighted by Crippen LogP contribution is 2.28. The second-order valence-corrected chi connectivity index (χ2v) is 4.60. The van der Waals surface area contributed by atoms with Gasteiger partial charge < -0.3 is 14.6 Å². The number of nitrogens with zero attached hydrogens (tertiary/aromatic N) is 2. The molecule has 0 radical (unpaired) electrons. The highest BCUT2D eigenvalue weighted by Gasteiger charge is 2.21. The molecule has 0 spiro atoms. The molecule has 100 valence electrons. The summed E-state index contributed by atoms with van der Waals surface area (Å²) in [7, 11) is 0. The summed E-state index contributed by atoms with van der Waals surface area (Å²) in [5, 5.41) is 7.35. The Morgan fingerprint density at radius 2 is 2.21 bits per heavy atom. The number of hydrogen-bond donors (Lipinski definition) is 1. The first-order valence-corrected chi connectivity index (χ1v) is 6.65. The molecule has 1 aromatic carbocycles. The molecule has 5 nitrogen and oxygen atoms in total. The lowest BCUT2D eigenvalue weighted by Gasteiger charge is -2.05. The van der Waals surface area contributed by atoms with Gasteiger partial charge in [0, 0.05) is 6.04 Å². The SMILES string of the molecule is CCOc1ccccc1-c1nc(CNC2CC2)no1. The van der Waals surface area contributed by atoms with E-state index < -0.39 is 0 Å². The second-order valence-electron chi connectivity index (χ2n) is 4.60. The van der Waals surface area contributed by atoms with Crippen molar-refractivity contribution in [3.8, 4) is 17.2 Å². The number of benzene rings is 1. The second kappa shape index (κ2) is 5.40. The summed E-state index contributed by atoms with van der Waals surface area (Å²) in [4.78, 5) is 4.40. The van der Waals surface area contributed by atoms with Gasteiger partial charge >= 0.3 is 0 Å². The summed E-state index contributed by atoms with van der Waals surface area (Å²) in [5.41, 5.74) is 0.842. The molecule has 0 amide bonds. The average Bonchev–Trinajstić information content (AvgIpc) is 3.15. The Labute approximate surface area is 112 Å². The molecule has 0 aliphatic heterocycles. The minimum atomic E-state index is 0.511. The summed E-state index contributed by atoms with van der Waals surface area (Å²) in [6.45, 7) is 3.22. The van der Waals surface area contributed by atoms with Gasteiger partial charge in [-0.15, -0.1) is 0 Å². The molecule has 1 aromatic heterocycles. The van der Waals surface area contributed by atoms with Gasteiger partial charge in [0.2, 0.25) is 0 Å². The first kappa shape index (κ1) is 12.2.